The Morgan fingerprint density at radius 2 is 1.86 bits per heavy atom. The van der Waals surface area contributed by atoms with Crippen LogP contribution in [-0.4, -0.2) is 10.9 Å². The number of aromatic nitrogens is 1. The van der Waals surface area contributed by atoms with Crippen LogP contribution < -0.4 is 10.9 Å². The van der Waals surface area contributed by atoms with Crippen molar-refractivity contribution in [3.8, 4) is 0 Å². The number of hydrogen-bond donors (Lipinski definition) is 1. The highest BCUT2D eigenvalue weighted by Crippen LogP contribution is 2.19. The molecule has 0 radical (unpaired) electrons. The summed E-state index contributed by atoms with van der Waals surface area (Å²) in [6.07, 6.45) is 0. The van der Waals surface area contributed by atoms with E-state index in [2.05, 4.69) is 15.3 Å². The SMILES string of the molecule is Cc1ccc(N=c2oc3ccccc3cc2C(=O)Nc2cccc(C)n2)c(F)c1. The van der Waals surface area contributed by atoms with Crippen molar-refractivity contribution in [3.63, 3.8) is 0 Å². The van der Waals surface area contributed by atoms with Gasteiger partial charge in [-0.25, -0.2) is 14.4 Å². The second kappa shape index (κ2) is 7.67. The van der Waals surface area contributed by atoms with Crippen LogP contribution in [-0.2, 0) is 0 Å². The number of carbonyl (C=O) groups excluding carboxylic acids is 1. The van der Waals surface area contributed by atoms with Gasteiger partial charge in [-0.3, -0.25) is 4.79 Å². The molecule has 4 rings (SSSR count). The molecule has 1 amide bonds. The molecule has 0 unspecified atom stereocenters. The number of amides is 1. The molecule has 0 aliphatic rings. The van der Waals surface area contributed by atoms with Crippen molar-refractivity contribution in [1.82, 2.24) is 4.98 Å². The summed E-state index contributed by atoms with van der Waals surface area (Å²) in [5, 5.41) is 3.48. The number of carbonyl (C=O) groups is 1. The number of pyridine rings is 1. The van der Waals surface area contributed by atoms with E-state index in [0.717, 1.165) is 16.6 Å². The van der Waals surface area contributed by atoms with Crippen LogP contribution in [0.15, 0.2) is 76.1 Å². The number of fused-ring (bicyclic) bond motifs is 1. The van der Waals surface area contributed by atoms with Gasteiger partial charge in [0.15, 0.2) is 0 Å². The lowest BCUT2D eigenvalue weighted by Crippen LogP contribution is -2.22. The first-order chi connectivity index (χ1) is 14.0. The number of rotatable bonds is 3. The molecule has 0 bridgehead atoms. The summed E-state index contributed by atoms with van der Waals surface area (Å²) in [5.41, 5.74) is 2.41. The normalized spacial score (nSPS) is 11.6. The Bertz CT molecular complexity index is 1290. The molecular weight excluding hydrogens is 369 g/mol. The van der Waals surface area contributed by atoms with Gasteiger partial charge in [0.05, 0.1) is 0 Å². The van der Waals surface area contributed by atoms with Crippen molar-refractivity contribution in [3.05, 3.63) is 94.9 Å². The van der Waals surface area contributed by atoms with Gasteiger partial charge in [-0.2, -0.15) is 0 Å². The molecule has 4 aromatic rings. The molecule has 0 saturated carbocycles. The van der Waals surface area contributed by atoms with Crippen LogP contribution >= 0.6 is 0 Å². The number of halogens is 1. The van der Waals surface area contributed by atoms with Crippen molar-refractivity contribution in [2.45, 2.75) is 13.8 Å². The molecule has 6 heteroatoms. The summed E-state index contributed by atoms with van der Waals surface area (Å²) in [5.74, 6) is -0.514. The summed E-state index contributed by atoms with van der Waals surface area (Å²) in [4.78, 5) is 21.5. The molecular formula is C23H18FN3O2. The van der Waals surface area contributed by atoms with E-state index in [1.807, 2.05) is 31.2 Å². The Morgan fingerprint density at radius 3 is 2.66 bits per heavy atom. The van der Waals surface area contributed by atoms with Crippen molar-refractivity contribution in [1.29, 1.82) is 0 Å². The lowest BCUT2D eigenvalue weighted by atomic mass is 10.1. The fourth-order valence-corrected chi connectivity index (χ4v) is 2.92. The number of nitrogens with zero attached hydrogens (tertiary/aromatic N) is 2. The monoisotopic (exact) mass is 387 g/mol. The minimum absolute atomic E-state index is 0.0246. The summed E-state index contributed by atoms with van der Waals surface area (Å²) in [6, 6.07) is 19.0. The standard InChI is InChI=1S/C23H18FN3O2/c1-14-10-11-19(18(24)12-14)26-23-17(13-16-7-3-4-8-20(16)29-23)22(28)27-21-9-5-6-15(2)25-21/h3-13H,1-2H3,(H,25,27,28). The number of para-hydroxylation sites is 1. The van der Waals surface area contributed by atoms with Crippen LogP contribution in [0.2, 0.25) is 0 Å². The maximum atomic E-state index is 14.3. The Labute approximate surface area is 166 Å². The van der Waals surface area contributed by atoms with Crippen LogP contribution in [0.4, 0.5) is 15.9 Å². The average Bonchev–Trinajstić information content (AvgIpc) is 2.69. The second-order valence-electron chi connectivity index (χ2n) is 6.69. The molecule has 2 heterocycles. The molecule has 0 aliphatic carbocycles. The zero-order valence-corrected chi connectivity index (χ0v) is 15.9. The quantitative estimate of drug-likeness (QED) is 0.534. The first kappa shape index (κ1) is 18.6. The highest BCUT2D eigenvalue weighted by molar-refractivity contribution is 6.04. The maximum absolute atomic E-state index is 14.3. The smallest absolute Gasteiger partial charge is 0.262 e. The molecule has 0 fully saturated rings. The minimum atomic E-state index is -0.486. The fraction of sp³-hybridized carbons (Fsp3) is 0.0870. The molecule has 2 aromatic heterocycles. The molecule has 0 saturated heterocycles. The van der Waals surface area contributed by atoms with Crippen molar-refractivity contribution in [2.24, 2.45) is 4.99 Å². The van der Waals surface area contributed by atoms with E-state index in [1.165, 1.54) is 6.07 Å². The van der Waals surface area contributed by atoms with Crippen LogP contribution in [0.3, 0.4) is 0 Å². The minimum Gasteiger partial charge on any atom is -0.438 e. The van der Waals surface area contributed by atoms with Crippen LogP contribution in [0, 0.1) is 19.7 Å². The first-order valence-corrected chi connectivity index (χ1v) is 9.08. The Kier molecular flexibility index (Phi) is 4.91. The number of nitrogens with one attached hydrogen (secondary N) is 1. The molecule has 0 aliphatic heterocycles. The van der Waals surface area contributed by atoms with Gasteiger partial charge < -0.3 is 9.73 Å². The van der Waals surface area contributed by atoms with Crippen molar-refractivity contribution in [2.75, 3.05) is 5.32 Å². The van der Waals surface area contributed by atoms with Crippen LogP contribution in [0.1, 0.15) is 21.6 Å². The van der Waals surface area contributed by atoms with Gasteiger partial charge in [-0.1, -0.05) is 30.3 Å². The Morgan fingerprint density at radius 1 is 1.03 bits per heavy atom. The lowest BCUT2D eigenvalue weighted by Gasteiger charge is -2.07. The van der Waals surface area contributed by atoms with Gasteiger partial charge in [-0.05, 0) is 55.8 Å². The first-order valence-electron chi connectivity index (χ1n) is 9.08. The van der Waals surface area contributed by atoms with E-state index in [1.54, 1.807) is 43.3 Å². The van der Waals surface area contributed by atoms with Gasteiger partial charge in [0.1, 0.15) is 28.5 Å². The molecule has 2 aromatic carbocycles. The fourth-order valence-electron chi connectivity index (χ4n) is 2.92. The molecule has 5 nitrogen and oxygen atoms in total. The zero-order valence-electron chi connectivity index (χ0n) is 15.9. The van der Waals surface area contributed by atoms with E-state index in [9.17, 15) is 9.18 Å². The highest BCUT2D eigenvalue weighted by Gasteiger charge is 2.14. The Balaban J connectivity index is 1.86. The van der Waals surface area contributed by atoms with Crippen molar-refractivity contribution >= 4 is 28.4 Å². The number of hydrogen-bond acceptors (Lipinski definition) is 4. The summed E-state index contributed by atoms with van der Waals surface area (Å²) in [7, 11) is 0. The lowest BCUT2D eigenvalue weighted by molar-refractivity contribution is 0.102. The summed E-state index contributed by atoms with van der Waals surface area (Å²) < 4.78 is 20.2. The predicted molar refractivity (Wildman–Crippen MR) is 110 cm³/mol. The Hall–Kier alpha value is -3.80. The topological polar surface area (TPSA) is 67.5 Å². The zero-order chi connectivity index (χ0) is 20.4. The summed E-state index contributed by atoms with van der Waals surface area (Å²) in [6.45, 7) is 3.63. The highest BCUT2D eigenvalue weighted by atomic mass is 19.1. The molecule has 144 valence electrons. The van der Waals surface area contributed by atoms with Gasteiger partial charge in [0, 0.05) is 11.1 Å². The largest absolute Gasteiger partial charge is 0.438 e. The third-order valence-electron chi connectivity index (χ3n) is 4.36. The number of aryl methyl sites for hydroxylation is 2. The van der Waals surface area contributed by atoms with Crippen molar-refractivity contribution < 1.29 is 13.6 Å². The van der Waals surface area contributed by atoms with E-state index in [4.69, 9.17) is 4.42 Å². The van der Waals surface area contributed by atoms with Crippen LogP contribution in [0.5, 0.6) is 0 Å². The molecule has 29 heavy (non-hydrogen) atoms. The van der Waals surface area contributed by atoms with Gasteiger partial charge in [0.2, 0.25) is 5.55 Å². The predicted octanol–water partition coefficient (Wildman–Crippen LogP) is 5.07. The maximum Gasteiger partial charge on any atom is 0.262 e. The third kappa shape index (κ3) is 4.06. The van der Waals surface area contributed by atoms with Gasteiger partial charge in [0.25, 0.3) is 5.91 Å². The average molecular weight is 387 g/mol. The van der Waals surface area contributed by atoms with Crippen LogP contribution in [0.25, 0.3) is 11.0 Å². The van der Waals surface area contributed by atoms with E-state index in [0.29, 0.717) is 11.4 Å². The number of anilines is 1. The van der Waals surface area contributed by atoms with Gasteiger partial charge in [-0.15, -0.1) is 0 Å². The molecule has 0 spiro atoms. The summed E-state index contributed by atoms with van der Waals surface area (Å²) >= 11 is 0. The second-order valence-corrected chi connectivity index (χ2v) is 6.69. The van der Waals surface area contributed by atoms with E-state index in [-0.39, 0.29) is 16.8 Å². The van der Waals surface area contributed by atoms with E-state index >= 15 is 0 Å². The number of benzene rings is 2. The molecule has 0 atom stereocenters. The van der Waals surface area contributed by atoms with E-state index < -0.39 is 11.7 Å². The molecule has 1 N–H and O–H groups in total. The third-order valence-corrected chi connectivity index (χ3v) is 4.36. The van der Waals surface area contributed by atoms with Gasteiger partial charge >= 0.3 is 0 Å².